The third-order valence-electron chi connectivity index (χ3n) is 5.46. The van der Waals surface area contributed by atoms with Gasteiger partial charge >= 0.3 is 5.97 Å². The highest BCUT2D eigenvalue weighted by Gasteiger charge is 2.48. The third-order valence-corrected chi connectivity index (χ3v) is 5.46. The molecular weight excluding hydrogens is 274 g/mol. The Balaban J connectivity index is 2.74. The minimum Gasteiger partial charge on any atom is -0.466 e. The summed E-state index contributed by atoms with van der Waals surface area (Å²) in [5, 5.41) is 0. The van der Waals surface area contributed by atoms with Gasteiger partial charge in [0.05, 0.1) is 12.5 Å². The highest BCUT2D eigenvalue weighted by molar-refractivity contribution is 5.74. The van der Waals surface area contributed by atoms with E-state index in [0.29, 0.717) is 18.6 Å². The zero-order valence-corrected chi connectivity index (χ0v) is 15.4. The van der Waals surface area contributed by atoms with Gasteiger partial charge in [0.15, 0.2) is 0 Å². The minimum atomic E-state index is 0.0308. The maximum atomic E-state index is 12.3. The van der Waals surface area contributed by atoms with Crippen LogP contribution in [0.3, 0.4) is 0 Å². The van der Waals surface area contributed by atoms with Gasteiger partial charge in [0.2, 0.25) is 0 Å². The second-order valence-electron chi connectivity index (χ2n) is 6.75. The van der Waals surface area contributed by atoms with Gasteiger partial charge in [-0.05, 0) is 51.1 Å². The fraction of sp³-hybridized carbons (Fsp3) is 0.947. The van der Waals surface area contributed by atoms with Crippen LogP contribution >= 0.6 is 0 Å². The largest absolute Gasteiger partial charge is 0.466 e. The molecule has 1 fully saturated rings. The molecule has 0 aromatic rings. The van der Waals surface area contributed by atoms with Crippen LogP contribution in [-0.2, 0) is 9.53 Å². The van der Waals surface area contributed by atoms with Gasteiger partial charge in [0, 0.05) is 6.04 Å². The van der Waals surface area contributed by atoms with Crippen LogP contribution in [0.15, 0.2) is 0 Å². The first-order valence-electron chi connectivity index (χ1n) is 9.53. The summed E-state index contributed by atoms with van der Waals surface area (Å²) >= 11 is 0. The summed E-state index contributed by atoms with van der Waals surface area (Å²) in [5.41, 5.74) is 0. The van der Waals surface area contributed by atoms with Crippen LogP contribution in [0.2, 0.25) is 0 Å². The van der Waals surface area contributed by atoms with E-state index in [-0.39, 0.29) is 11.9 Å². The quantitative estimate of drug-likeness (QED) is 0.526. The number of ether oxygens (including phenoxy) is 1. The van der Waals surface area contributed by atoms with Gasteiger partial charge < -0.3 is 4.74 Å². The maximum absolute atomic E-state index is 12.3. The lowest BCUT2D eigenvalue weighted by atomic mass is 9.65. The summed E-state index contributed by atoms with van der Waals surface area (Å²) in [5.74, 6) is 1.62. The molecule has 0 spiro atoms. The molecule has 3 atom stereocenters. The number of nitrogens with zero attached hydrogens (tertiary/aromatic N) is 1. The van der Waals surface area contributed by atoms with E-state index in [2.05, 4.69) is 32.6 Å². The molecule has 1 aliphatic rings. The van der Waals surface area contributed by atoms with Crippen LogP contribution < -0.4 is 0 Å². The van der Waals surface area contributed by atoms with Crippen LogP contribution in [0.5, 0.6) is 0 Å². The van der Waals surface area contributed by atoms with Crippen molar-refractivity contribution in [2.45, 2.75) is 79.2 Å². The Morgan fingerprint density at radius 2 is 1.86 bits per heavy atom. The number of hydrogen-bond acceptors (Lipinski definition) is 3. The number of carbonyl (C=O) groups is 1. The van der Waals surface area contributed by atoms with Gasteiger partial charge in [-0.1, -0.05) is 47.0 Å². The Kier molecular flexibility index (Phi) is 9.08. The second kappa shape index (κ2) is 10.3. The van der Waals surface area contributed by atoms with E-state index < -0.39 is 0 Å². The van der Waals surface area contributed by atoms with E-state index in [1.54, 1.807) is 0 Å². The molecule has 3 unspecified atom stereocenters. The van der Waals surface area contributed by atoms with E-state index in [0.717, 1.165) is 25.4 Å². The van der Waals surface area contributed by atoms with Crippen molar-refractivity contribution in [3.05, 3.63) is 0 Å². The van der Waals surface area contributed by atoms with E-state index in [4.69, 9.17) is 4.74 Å². The van der Waals surface area contributed by atoms with Crippen molar-refractivity contribution in [2.24, 2.45) is 17.8 Å². The molecule has 0 bridgehead atoms. The molecule has 1 aliphatic carbocycles. The van der Waals surface area contributed by atoms with E-state index >= 15 is 0 Å². The average Bonchev–Trinajstić information content (AvgIpc) is 2.50. The summed E-state index contributed by atoms with van der Waals surface area (Å²) in [6.07, 6.45) is 7.25. The highest BCUT2D eigenvalue weighted by atomic mass is 16.5. The molecule has 0 radical (unpaired) electrons. The standard InChI is InChI=1S/C19H37NO2/c1-6-11-12-20(9-4)18-16(13-15(7-2)8-3)14-17(18)19(21)22-10-5/h15-18H,6-14H2,1-5H3. The van der Waals surface area contributed by atoms with Crippen molar-refractivity contribution in [3.8, 4) is 0 Å². The van der Waals surface area contributed by atoms with Crippen molar-refractivity contribution < 1.29 is 9.53 Å². The molecule has 0 amide bonds. The Morgan fingerprint density at radius 1 is 1.18 bits per heavy atom. The van der Waals surface area contributed by atoms with Gasteiger partial charge in [-0.15, -0.1) is 0 Å². The molecule has 0 aliphatic heterocycles. The van der Waals surface area contributed by atoms with Gasteiger partial charge in [0.25, 0.3) is 0 Å². The summed E-state index contributed by atoms with van der Waals surface area (Å²) < 4.78 is 5.32. The molecule has 0 saturated heterocycles. The second-order valence-corrected chi connectivity index (χ2v) is 6.75. The lowest BCUT2D eigenvalue weighted by Gasteiger charge is -2.50. The fourth-order valence-corrected chi connectivity index (χ4v) is 3.94. The van der Waals surface area contributed by atoms with Crippen molar-refractivity contribution in [1.29, 1.82) is 0 Å². The predicted molar refractivity (Wildman–Crippen MR) is 92.9 cm³/mol. The summed E-state index contributed by atoms with van der Waals surface area (Å²) in [4.78, 5) is 14.8. The lowest BCUT2D eigenvalue weighted by molar-refractivity contribution is -0.160. The zero-order valence-electron chi connectivity index (χ0n) is 15.4. The highest BCUT2D eigenvalue weighted by Crippen LogP contribution is 2.43. The lowest BCUT2D eigenvalue weighted by Crippen LogP contribution is -2.57. The molecule has 1 rings (SSSR count). The normalized spacial score (nSPS) is 24.6. The molecule has 130 valence electrons. The van der Waals surface area contributed by atoms with Gasteiger partial charge in [0.1, 0.15) is 0 Å². The molecule has 0 aromatic heterocycles. The average molecular weight is 312 g/mol. The number of unbranched alkanes of at least 4 members (excludes halogenated alkanes) is 1. The number of rotatable bonds is 11. The Morgan fingerprint density at radius 3 is 2.36 bits per heavy atom. The number of hydrogen-bond donors (Lipinski definition) is 0. The molecule has 3 heteroatoms. The molecule has 0 heterocycles. The van der Waals surface area contributed by atoms with Gasteiger partial charge in [-0.2, -0.15) is 0 Å². The first kappa shape index (κ1) is 19.5. The smallest absolute Gasteiger partial charge is 0.310 e. The molecule has 22 heavy (non-hydrogen) atoms. The Labute approximate surface area is 137 Å². The van der Waals surface area contributed by atoms with Crippen LogP contribution in [0.1, 0.15) is 73.1 Å². The van der Waals surface area contributed by atoms with E-state index in [9.17, 15) is 4.79 Å². The Bertz CT molecular complexity index is 315. The Hall–Kier alpha value is -0.570. The zero-order chi connectivity index (χ0) is 16.5. The van der Waals surface area contributed by atoms with Crippen LogP contribution in [0, 0.1) is 17.8 Å². The summed E-state index contributed by atoms with van der Waals surface area (Å²) in [7, 11) is 0. The topological polar surface area (TPSA) is 29.5 Å². The summed E-state index contributed by atoms with van der Waals surface area (Å²) in [6, 6.07) is 0.413. The predicted octanol–water partition coefficient (Wildman–Crippen LogP) is 4.50. The van der Waals surface area contributed by atoms with Crippen LogP contribution in [0.25, 0.3) is 0 Å². The van der Waals surface area contributed by atoms with Crippen molar-refractivity contribution >= 4 is 5.97 Å². The monoisotopic (exact) mass is 311 g/mol. The fourth-order valence-electron chi connectivity index (χ4n) is 3.94. The molecule has 0 N–H and O–H groups in total. The van der Waals surface area contributed by atoms with Crippen LogP contribution in [-0.4, -0.2) is 36.6 Å². The molecule has 0 aromatic carbocycles. The van der Waals surface area contributed by atoms with Crippen molar-refractivity contribution in [1.82, 2.24) is 4.90 Å². The van der Waals surface area contributed by atoms with Gasteiger partial charge in [-0.25, -0.2) is 0 Å². The van der Waals surface area contributed by atoms with E-state index in [1.165, 1.54) is 32.1 Å². The first-order valence-corrected chi connectivity index (χ1v) is 9.53. The van der Waals surface area contributed by atoms with E-state index in [1.807, 2.05) is 6.92 Å². The molecular formula is C19H37NO2. The number of carbonyl (C=O) groups excluding carboxylic acids is 1. The van der Waals surface area contributed by atoms with Crippen LogP contribution in [0.4, 0.5) is 0 Å². The maximum Gasteiger partial charge on any atom is 0.310 e. The van der Waals surface area contributed by atoms with Crippen molar-refractivity contribution in [2.75, 3.05) is 19.7 Å². The van der Waals surface area contributed by atoms with Crippen molar-refractivity contribution in [3.63, 3.8) is 0 Å². The van der Waals surface area contributed by atoms with Gasteiger partial charge in [-0.3, -0.25) is 9.69 Å². The first-order chi connectivity index (χ1) is 10.6. The summed E-state index contributed by atoms with van der Waals surface area (Å²) in [6.45, 7) is 13.6. The molecule has 3 nitrogen and oxygen atoms in total. The SMILES string of the molecule is CCCCN(CC)C1C(CC(CC)CC)CC1C(=O)OCC. The molecule has 1 saturated carbocycles. The third kappa shape index (κ3) is 4.97. The number of esters is 1. The minimum absolute atomic E-state index is 0.0308.